The van der Waals surface area contributed by atoms with Gasteiger partial charge in [0.1, 0.15) is 10.7 Å². The highest BCUT2D eigenvalue weighted by Gasteiger charge is 2.21. The van der Waals surface area contributed by atoms with Gasteiger partial charge in [0, 0.05) is 0 Å². The number of halogens is 1. The number of aromatic nitrogens is 2. The molecule has 8 nitrogen and oxygen atoms in total. The fraction of sp³-hybridized carbons (Fsp3) is 0.263. The zero-order valence-electron chi connectivity index (χ0n) is 16.4. The Morgan fingerprint density at radius 2 is 2.07 bits per heavy atom. The number of ether oxygens (including phenoxy) is 1. The van der Waals surface area contributed by atoms with Crippen LogP contribution in [0.2, 0.25) is 0 Å². The first kappa shape index (κ1) is 21.8. The molecule has 3 aromatic rings. The maximum Gasteiger partial charge on any atom is 0.280 e. The Kier molecular flexibility index (Phi) is 6.73. The number of para-hydroxylation sites is 1. The van der Waals surface area contributed by atoms with Gasteiger partial charge in [-0.15, -0.1) is 11.3 Å². The second-order valence-corrected chi connectivity index (χ2v) is 8.18. The number of benzene rings is 1. The number of aromatic amines is 1. The Morgan fingerprint density at radius 3 is 2.77 bits per heavy atom. The SMILES string of the molecule is CSCc1nc2sc(C(=O)NNC(=O)C(C)Oc3ccccc3F)c(C)c2c(=O)[nH]1. The van der Waals surface area contributed by atoms with Crippen molar-refractivity contribution < 1.29 is 18.7 Å². The van der Waals surface area contributed by atoms with Crippen LogP contribution in [0, 0.1) is 12.7 Å². The second kappa shape index (κ2) is 9.26. The van der Waals surface area contributed by atoms with Gasteiger partial charge in [0.25, 0.3) is 17.4 Å². The molecule has 30 heavy (non-hydrogen) atoms. The Bertz CT molecular complexity index is 1160. The summed E-state index contributed by atoms with van der Waals surface area (Å²) in [6.07, 6.45) is 0.840. The van der Waals surface area contributed by atoms with Gasteiger partial charge in [-0.2, -0.15) is 11.8 Å². The van der Waals surface area contributed by atoms with E-state index in [-0.39, 0.29) is 16.2 Å². The number of fused-ring (bicyclic) bond motifs is 1. The average molecular weight is 451 g/mol. The molecular formula is C19H19FN4O4S2. The van der Waals surface area contributed by atoms with E-state index in [4.69, 9.17) is 4.74 Å². The number of aryl methyl sites for hydroxylation is 1. The minimum atomic E-state index is -1.05. The van der Waals surface area contributed by atoms with Gasteiger partial charge in [0.15, 0.2) is 17.7 Å². The molecule has 1 aromatic carbocycles. The number of carbonyl (C=O) groups excluding carboxylic acids is 2. The van der Waals surface area contributed by atoms with E-state index in [9.17, 15) is 18.8 Å². The number of hydrogen-bond acceptors (Lipinski definition) is 7. The molecule has 11 heteroatoms. The monoisotopic (exact) mass is 450 g/mol. The number of thioether (sulfide) groups is 1. The lowest BCUT2D eigenvalue weighted by Crippen LogP contribution is -2.47. The zero-order valence-corrected chi connectivity index (χ0v) is 18.0. The first-order chi connectivity index (χ1) is 14.3. The third-order valence-electron chi connectivity index (χ3n) is 4.15. The fourth-order valence-corrected chi connectivity index (χ4v) is 4.18. The molecule has 0 saturated heterocycles. The molecule has 0 spiro atoms. The van der Waals surface area contributed by atoms with Gasteiger partial charge in [0.2, 0.25) is 0 Å². The van der Waals surface area contributed by atoms with Crippen molar-refractivity contribution in [3.63, 3.8) is 0 Å². The Hall–Kier alpha value is -2.92. The van der Waals surface area contributed by atoms with Crippen LogP contribution in [-0.2, 0) is 10.5 Å². The van der Waals surface area contributed by atoms with Crippen molar-refractivity contribution in [3.05, 3.63) is 56.7 Å². The molecular weight excluding hydrogens is 431 g/mol. The number of nitrogens with one attached hydrogen (secondary N) is 3. The van der Waals surface area contributed by atoms with Gasteiger partial charge < -0.3 is 9.72 Å². The zero-order chi connectivity index (χ0) is 21.8. The van der Waals surface area contributed by atoms with Gasteiger partial charge in [-0.1, -0.05) is 12.1 Å². The summed E-state index contributed by atoms with van der Waals surface area (Å²) in [7, 11) is 0. The molecule has 3 N–H and O–H groups in total. The predicted octanol–water partition coefficient (Wildman–Crippen LogP) is 2.52. The molecule has 0 aliphatic heterocycles. The molecule has 2 amide bonds. The summed E-state index contributed by atoms with van der Waals surface area (Å²) >= 11 is 2.58. The maximum absolute atomic E-state index is 13.6. The normalized spacial score (nSPS) is 11.9. The van der Waals surface area contributed by atoms with E-state index in [1.807, 2.05) is 6.26 Å². The second-order valence-electron chi connectivity index (χ2n) is 6.32. The van der Waals surface area contributed by atoms with Crippen molar-refractivity contribution in [3.8, 4) is 5.75 Å². The van der Waals surface area contributed by atoms with E-state index in [0.717, 1.165) is 11.3 Å². The molecule has 1 unspecified atom stereocenters. The number of hydrazine groups is 1. The first-order valence-electron chi connectivity index (χ1n) is 8.84. The maximum atomic E-state index is 13.6. The lowest BCUT2D eigenvalue weighted by molar-refractivity contribution is -0.128. The largest absolute Gasteiger partial charge is 0.478 e. The highest BCUT2D eigenvalue weighted by atomic mass is 32.2. The van der Waals surface area contributed by atoms with Gasteiger partial charge >= 0.3 is 0 Å². The van der Waals surface area contributed by atoms with Crippen LogP contribution in [0.5, 0.6) is 5.75 Å². The molecule has 0 aliphatic carbocycles. The van der Waals surface area contributed by atoms with Gasteiger partial charge in [-0.3, -0.25) is 25.2 Å². The molecule has 3 rings (SSSR count). The molecule has 2 aromatic heterocycles. The minimum Gasteiger partial charge on any atom is -0.478 e. The summed E-state index contributed by atoms with van der Waals surface area (Å²) in [6.45, 7) is 3.07. The Balaban J connectivity index is 1.70. The standard InChI is InChI=1S/C19H19FN4O4S2/c1-9-14-17(26)21-13(8-29-3)22-19(14)30-15(9)18(27)24-23-16(25)10(2)28-12-7-5-4-6-11(12)20/h4-7,10H,8H2,1-3H3,(H,23,25)(H,24,27)(H,21,22,26). The van der Waals surface area contributed by atoms with E-state index < -0.39 is 23.7 Å². The Labute approximate surface area is 179 Å². The van der Waals surface area contributed by atoms with Crippen LogP contribution in [0.25, 0.3) is 10.2 Å². The quantitative estimate of drug-likeness (QED) is 0.498. The third-order valence-corrected chi connectivity index (χ3v) is 5.89. The number of nitrogens with zero attached hydrogens (tertiary/aromatic N) is 1. The van der Waals surface area contributed by atoms with Crippen molar-refractivity contribution >= 4 is 45.1 Å². The van der Waals surface area contributed by atoms with Gasteiger partial charge in [-0.05, 0) is 37.8 Å². The number of amides is 2. The molecule has 0 bridgehead atoms. The van der Waals surface area contributed by atoms with Crippen LogP contribution in [0.4, 0.5) is 4.39 Å². The van der Waals surface area contributed by atoms with Crippen molar-refractivity contribution in [2.45, 2.75) is 25.7 Å². The first-order valence-corrected chi connectivity index (χ1v) is 11.1. The highest BCUT2D eigenvalue weighted by Crippen LogP contribution is 2.27. The van der Waals surface area contributed by atoms with Crippen LogP contribution in [-0.4, -0.2) is 34.1 Å². The van der Waals surface area contributed by atoms with E-state index >= 15 is 0 Å². The Morgan fingerprint density at radius 1 is 1.33 bits per heavy atom. The van der Waals surface area contributed by atoms with Crippen LogP contribution < -0.4 is 21.1 Å². The third kappa shape index (κ3) is 4.62. The summed E-state index contributed by atoms with van der Waals surface area (Å²) in [5.74, 6) is -0.851. The van der Waals surface area contributed by atoms with E-state index in [1.54, 1.807) is 13.0 Å². The number of thiophene rings is 1. The van der Waals surface area contributed by atoms with Crippen molar-refractivity contribution in [2.75, 3.05) is 6.26 Å². The fourth-order valence-electron chi connectivity index (χ4n) is 2.67. The summed E-state index contributed by atoms with van der Waals surface area (Å²) in [5, 5.41) is 0.345. The van der Waals surface area contributed by atoms with Crippen LogP contribution in [0.15, 0.2) is 29.1 Å². The molecule has 0 aliphatic rings. The van der Waals surface area contributed by atoms with E-state index in [2.05, 4.69) is 20.8 Å². The van der Waals surface area contributed by atoms with Crippen molar-refractivity contribution in [1.82, 2.24) is 20.8 Å². The summed E-state index contributed by atoms with van der Waals surface area (Å²) in [5.41, 5.74) is 4.71. The summed E-state index contributed by atoms with van der Waals surface area (Å²) in [4.78, 5) is 44.9. The number of hydrogen-bond donors (Lipinski definition) is 3. The molecule has 0 saturated carbocycles. The van der Waals surface area contributed by atoms with E-state index in [0.29, 0.717) is 27.4 Å². The van der Waals surface area contributed by atoms with Crippen LogP contribution in [0.1, 0.15) is 28.0 Å². The smallest absolute Gasteiger partial charge is 0.280 e. The molecule has 158 valence electrons. The average Bonchev–Trinajstić information content (AvgIpc) is 3.04. The highest BCUT2D eigenvalue weighted by molar-refractivity contribution is 7.97. The topological polar surface area (TPSA) is 113 Å². The van der Waals surface area contributed by atoms with Crippen LogP contribution in [0.3, 0.4) is 0 Å². The summed E-state index contributed by atoms with van der Waals surface area (Å²) in [6, 6.07) is 5.69. The number of carbonyl (C=O) groups is 2. The molecule has 2 heterocycles. The van der Waals surface area contributed by atoms with E-state index in [1.165, 1.54) is 36.9 Å². The minimum absolute atomic E-state index is 0.0711. The summed E-state index contributed by atoms with van der Waals surface area (Å²) < 4.78 is 18.9. The van der Waals surface area contributed by atoms with Gasteiger partial charge in [0.05, 0.1) is 16.0 Å². The molecule has 0 radical (unpaired) electrons. The van der Waals surface area contributed by atoms with Gasteiger partial charge in [-0.25, -0.2) is 9.37 Å². The predicted molar refractivity (Wildman–Crippen MR) is 114 cm³/mol. The molecule has 0 fully saturated rings. The van der Waals surface area contributed by atoms with Crippen molar-refractivity contribution in [1.29, 1.82) is 0 Å². The number of H-pyrrole nitrogens is 1. The van der Waals surface area contributed by atoms with Crippen LogP contribution >= 0.6 is 23.1 Å². The number of rotatable bonds is 6. The lowest BCUT2D eigenvalue weighted by Gasteiger charge is -2.15. The molecule has 1 atom stereocenters. The van der Waals surface area contributed by atoms with Crippen molar-refractivity contribution in [2.24, 2.45) is 0 Å². The lowest BCUT2D eigenvalue weighted by atomic mass is 10.2.